The van der Waals surface area contributed by atoms with E-state index >= 15 is 0 Å². The van der Waals surface area contributed by atoms with Crippen molar-refractivity contribution in [2.24, 2.45) is 0 Å². The zero-order valence-corrected chi connectivity index (χ0v) is 13.5. The molecule has 4 heteroatoms. The molecule has 0 saturated heterocycles. The number of aromatic nitrogens is 1. The zero-order valence-electron chi connectivity index (χ0n) is 13.5. The highest BCUT2D eigenvalue weighted by atomic mass is 19.1. The summed E-state index contributed by atoms with van der Waals surface area (Å²) >= 11 is 0. The molecule has 3 rings (SSSR count). The summed E-state index contributed by atoms with van der Waals surface area (Å²) in [5, 5.41) is 1.01. The summed E-state index contributed by atoms with van der Waals surface area (Å²) in [6, 6.07) is 12.7. The Labute approximate surface area is 135 Å². The van der Waals surface area contributed by atoms with E-state index < -0.39 is 0 Å². The monoisotopic (exact) mass is 313 g/mol. The van der Waals surface area contributed by atoms with Crippen LogP contribution in [0.5, 0.6) is 11.5 Å². The van der Waals surface area contributed by atoms with Gasteiger partial charge in [0, 0.05) is 23.2 Å². The van der Waals surface area contributed by atoms with Crippen molar-refractivity contribution in [1.29, 1.82) is 0 Å². The van der Waals surface area contributed by atoms with Crippen molar-refractivity contribution in [3.63, 3.8) is 0 Å². The molecule has 0 saturated carbocycles. The van der Waals surface area contributed by atoms with Gasteiger partial charge in [0.25, 0.3) is 0 Å². The molecule has 2 aromatic carbocycles. The van der Waals surface area contributed by atoms with Gasteiger partial charge in [0.1, 0.15) is 12.4 Å². The van der Waals surface area contributed by atoms with Crippen molar-refractivity contribution in [3.05, 3.63) is 60.0 Å². The van der Waals surface area contributed by atoms with E-state index in [9.17, 15) is 4.39 Å². The average molecular weight is 313 g/mol. The topological polar surface area (TPSA) is 23.4 Å². The predicted molar refractivity (Wildman–Crippen MR) is 89.6 cm³/mol. The molecule has 0 fully saturated rings. The number of hydrogen-bond acceptors (Lipinski definition) is 2. The van der Waals surface area contributed by atoms with Gasteiger partial charge in [0.15, 0.2) is 11.5 Å². The van der Waals surface area contributed by atoms with Crippen molar-refractivity contribution in [3.8, 4) is 11.5 Å². The molecule has 0 atom stereocenters. The molecule has 0 spiro atoms. The largest absolute Gasteiger partial charge is 0.493 e. The third-order valence-corrected chi connectivity index (χ3v) is 3.89. The minimum absolute atomic E-state index is 0.227. The molecule has 120 valence electrons. The first-order valence-electron chi connectivity index (χ1n) is 7.65. The molecule has 0 aliphatic heterocycles. The van der Waals surface area contributed by atoms with Crippen LogP contribution in [0.2, 0.25) is 0 Å². The number of ether oxygens (including phenoxy) is 2. The molecule has 0 amide bonds. The van der Waals surface area contributed by atoms with Gasteiger partial charge in [0.05, 0.1) is 12.6 Å². The Kier molecular flexibility index (Phi) is 4.24. The highest BCUT2D eigenvalue weighted by Gasteiger charge is 2.13. The Morgan fingerprint density at radius 1 is 1.09 bits per heavy atom. The van der Waals surface area contributed by atoms with Crippen LogP contribution in [0.1, 0.15) is 25.5 Å². The van der Waals surface area contributed by atoms with Gasteiger partial charge >= 0.3 is 0 Å². The third kappa shape index (κ3) is 3.02. The Morgan fingerprint density at radius 2 is 1.83 bits per heavy atom. The summed E-state index contributed by atoms with van der Waals surface area (Å²) < 4.78 is 26.9. The van der Waals surface area contributed by atoms with Gasteiger partial charge in [-0.1, -0.05) is 12.1 Å². The average Bonchev–Trinajstić information content (AvgIpc) is 2.91. The second-order valence-electron chi connectivity index (χ2n) is 5.76. The lowest BCUT2D eigenvalue weighted by Gasteiger charge is -2.10. The Balaban J connectivity index is 1.94. The first-order chi connectivity index (χ1) is 11.1. The van der Waals surface area contributed by atoms with Crippen LogP contribution in [0.15, 0.2) is 48.7 Å². The SMILES string of the molecule is COc1ccccc1OCc1cn(C(C)C)c2cc(F)ccc12. The molecule has 1 heterocycles. The summed E-state index contributed by atoms with van der Waals surface area (Å²) in [5.41, 5.74) is 1.92. The van der Waals surface area contributed by atoms with E-state index in [0.29, 0.717) is 18.1 Å². The van der Waals surface area contributed by atoms with Crippen molar-refractivity contribution < 1.29 is 13.9 Å². The van der Waals surface area contributed by atoms with Gasteiger partial charge in [-0.25, -0.2) is 4.39 Å². The Hall–Kier alpha value is -2.49. The normalized spacial score (nSPS) is 11.2. The predicted octanol–water partition coefficient (Wildman–Crippen LogP) is 4.95. The second kappa shape index (κ2) is 6.32. The van der Waals surface area contributed by atoms with Gasteiger partial charge < -0.3 is 14.0 Å². The maximum absolute atomic E-state index is 13.6. The van der Waals surface area contributed by atoms with Crippen LogP contribution < -0.4 is 9.47 Å². The molecule has 0 aliphatic rings. The van der Waals surface area contributed by atoms with Crippen LogP contribution in [-0.2, 0) is 6.61 Å². The fourth-order valence-electron chi connectivity index (χ4n) is 2.73. The zero-order chi connectivity index (χ0) is 16.4. The number of methoxy groups -OCH3 is 1. The highest BCUT2D eigenvalue weighted by Crippen LogP contribution is 2.30. The molecular formula is C19H20FNO2. The summed E-state index contributed by atoms with van der Waals surface area (Å²) in [6.07, 6.45) is 2.03. The van der Waals surface area contributed by atoms with E-state index in [1.807, 2.05) is 36.5 Å². The van der Waals surface area contributed by atoms with Crippen LogP contribution in [0, 0.1) is 5.82 Å². The highest BCUT2D eigenvalue weighted by molar-refractivity contribution is 5.84. The maximum atomic E-state index is 13.6. The van der Waals surface area contributed by atoms with E-state index in [2.05, 4.69) is 18.4 Å². The first-order valence-corrected chi connectivity index (χ1v) is 7.65. The minimum atomic E-state index is -0.227. The molecule has 3 nitrogen and oxygen atoms in total. The van der Waals surface area contributed by atoms with E-state index in [0.717, 1.165) is 16.5 Å². The van der Waals surface area contributed by atoms with Gasteiger partial charge in [-0.05, 0) is 44.2 Å². The minimum Gasteiger partial charge on any atom is -0.493 e. The molecule has 0 aliphatic carbocycles. The van der Waals surface area contributed by atoms with Gasteiger partial charge in [-0.3, -0.25) is 0 Å². The number of hydrogen-bond donors (Lipinski definition) is 0. The second-order valence-corrected chi connectivity index (χ2v) is 5.76. The summed E-state index contributed by atoms with van der Waals surface area (Å²) in [7, 11) is 1.62. The quantitative estimate of drug-likeness (QED) is 0.665. The third-order valence-electron chi connectivity index (χ3n) is 3.89. The lowest BCUT2D eigenvalue weighted by atomic mass is 10.2. The first kappa shape index (κ1) is 15.4. The van der Waals surface area contributed by atoms with Crippen molar-refractivity contribution in [2.45, 2.75) is 26.5 Å². The van der Waals surface area contributed by atoms with Crippen LogP contribution >= 0.6 is 0 Å². The van der Waals surface area contributed by atoms with E-state index in [1.165, 1.54) is 6.07 Å². The number of para-hydroxylation sites is 2. The lowest BCUT2D eigenvalue weighted by molar-refractivity contribution is 0.285. The number of halogens is 1. The molecule has 23 heavy (non-hydrogen) atoms. The number of rotatable bonds is 5. The van der Waals surface area contributed by atoms with E-state index in [4.69, 9.17) is 9.47 Å². The molecule has 3 aromatic rings. The summed E-state index contributed by atoms with van der Waals surface area (Å²) in [4.78, 5) is 0. The van der Waals surface area contributed by atoms with Gasteiger partial charge in [-0.15, -0.1) is 0 Å². The fourth-order valence-corrected chi connectivity index (χ4v) is 2.73. The molecule has 0 N–H and O–H groups in total. The van der Waals surface area contributed by atoms with E-state index in [-0.39, 0.29) is 11.9 Å². The van der Waals surface area contributed by atoms with Crippen molar-refractivity contribution in [2.75, 3.05) is 7.11 Å². The van der Waals surface area contributed by atoms with Crippen LogP contribution in [0.4, 0.5) is 4.39 Å². The summed E-state index contributed by atoms with van der Waals surface area (Å²) in [6.45, 7) is 4.56. The van der Waals surface area contributed by atoms with Crippen LogP contribution in [0.3, 0.4) is 0 Å². The van der Waals surface area contributed by atoms with Crippen molar-refractivity contribution in [1.82, 2.24) is 4.57 Å². The lowest BCUT2D eigenvalue weighted by Crippen LogP contribution is -1.99. The Bertz CT molecular complexity index is 823. The Morgan fingerprint density at radius 3 is 2.52 bits per heavy atom. The molecule has 1 aromatic heterocycles. The fraction of sp³-hybridized carbons (Fsp3) is 0.263. The van der Waals surface area contributed by atoms with Crippen molar-refractivity contribution >= 4 is 10.9 Å². The van der Waals surface area contributed by atoms with Crippen LogP contribution in [-0.4, -0.2) is 11.7 Å². The molecule has 0 bridgehead atoms. The number of benzene rings is 2. The van der Waals surface area contributed by atoms with Gasteiger partial charge in [0.2, 0.25) is 0 Å². The standard InChI is InChI=1S/C19H20FNO2/c1-13(2)21-11-14(16-9-8-15(20)10-17(16)21)12-23-19-7-5-4-6-18(19)22-3/h4-11,13H,12H2,1-3H3. The summed E-state index contributed by atoms with van der Waals surface area (Å²) in [5.74, 6) is 1.17. The van der Waals surface area contributed by atoms with E-state index in [1.54, 1.807) is 13.2 Å². The number of nitrogens with zero attached hydrogens (tertiary/aromatic N) is 1. The van der Waals surface area contributed by atoms with Gasteiger partial charge in [-0.2, -0.15) is 0 Å². The molecule has 0 radical (unpaired) electrons. The molecular weight excluding hydrogens is 293 g/mol. The smallest absolute Gasteiger partial charge is 0.161 e. The number of fused-ring (bicyclic) bond motifs is 1. The molecule has 0 unspecified atom stereocenters. The maximum Gasteiger partial charge on any atom is 0.161 e. The van der Waals surface area contributed by atoms with Crippen LogP contribution in [0.25, 0.3) is 10.9 Å².